The van der Waals surface area contributed by atoms with E-state index >= 15 is 0 Å². The average Bonchev–Trinajstić information content (AvgIpc) is 2.99. The zero-order valence-corrected chi connectivity index (χ0v) is 15.1. The molecule has 0 fully saturated rings. The van der Waals surface area contributed by atoms with Gasteiger partial charge in [0.15, 0.2) is 28.7 Å². The monoisotopic (exact) mass is 402 g/mol. The summed E-state index contributed by atoms with van der Waals surface area (Å²) in [7, 11) is -3.18. The molecule has 0 bridgehead atoms. The van der Waals surface area contributed by atoms with Gasteiger partial charge >= 0.3 is 0 Å². The Hall–Kier alpha value is -2.07. The Labute approximate surface area is 152 Å². The van der Waals surface area contributed by atoms with Gasteiger partial charge in [-0.3, -0.25) is 0 Å². The van der Waals surface area contributed by atoms with Crippen LogP contribution in [0, 0.1) is 18.6 Å². The number of aliphatic hydroxyl groups is 1. The van der Waals surface area contributed by atoms with E-state index < -0.39 is 44.1 Å². The van der Waals surface area contributed by atoms with E-state index in [2.05, 4.69) is 4.98 Å². The molecule has 6 nitrogen and oxygen atoms in total. The number of fused-ring (bicyclic) bond motifs is 1. The van der Waals surface area contributed by atoms with Gasteiger partial charge in [-0.1, -0.05) is 29.3 Å². The SMILES string of the molecule is COC(O)c1cc2c(F)c(F)c(Cl)nc2n1S(=O)(=O)c1ccc(C)cc1. The standard InChI is InChI=1S/C16H13ClF2N2O4S/c1-8-3-5-9(6-4-8)26(23,24)21-11(16(22)25-2)7-10-12(18)13(19)14(17)20-15(10)21/h3-7,16,22H,1-2H3. The van der Waals surface area contributed by atoms with Crippen LogP contribution in [0.1, 0.15) is 17.5 Å². The van der Waals surface area contributed by atoms with E-state index in [4.69, 9.17) is 16.3 Å². The van der Waals surface area contributed by atoms with Crippen molar-refractivity contribution in [1.82, 2.24) is 8.96 Å². The molecule has 10 heteroatoms. The molecular weight excluding hydrogens is 390 g/mol. The van der Waals surface area contributed by atoms with Gasteiger partial charge in [0.2, 0.25) is 0 Å². The van der Waals surface area contributed by atoms with Crippen LogP contribution in [-0.2, 0) is 14.8 Å². The molecule has 2 aromatic heterocycles. The van der Waals surface area contributed by atoms with E-state index in [-0.39, 0.29) is 10.6 Å². The van der Waals surface area contributed by atoms with Crippen molar-refractivity contribution in [2.75, 3.05) is 7.11 Å². The van der Waals surface area contributed by atoms with Gasteiger partial charge in [0.05, 0.1) is 16.0 Å². The molecule has 138 valence electrons. The van der Waals surface area contributed by atoms with Gasteiger partial charge in [-0.15, -0.1) is 0 Å². The minimum atomic E-state index is -4.30. The molecule has 0 aliphatic rings. The number of nitrogens with zero attached hydrogens (tertiary/aromatic N) is 2. The van der Waals surface area contributed by atoms with Gasteiger partial charge in [-0.05, 0) is 25.1 Å². The van der Waals surface area contributed by atoms with E-state index in [1.54, 1.807) is 19.1 Å². The first-order chi connectivity index (χ1) is 12.2. The van der Waals surface area contributed by atoms with Crippen LogP contribution in [0.4, 0.5) is 8.78 Å². The topological polar surface area (TPSA) is 81.4 Å². The van der Waals surface area contributed by atoms with Gasteiger partial charge in [-0.25, -0.2) is 26.2 Å². The van der Waals surface area contributed by atoms with Crippen LogP contribution in [0.15, 0.2) is 35.2 Å². The second-order valence-corrected chi connectivity index (χ2v) is 7.65. The Balaban J connectivity index is 2.41. The van der Waals surface area contributed by atoms with Crippen LogP contribution < -0.4 is 0 Å². The number of rotatable bonds is 4. The summed E-state index contributed by atoms with van der Waals surface area (Å²) in [5.41, 5.74) is 0.0319. The van der Waals surface area contributed by atoms with Gasteiger partial charge < -0.3 is 9.84 Å². The van der Waals surface area contributed by atoms with Crippen LogP contribution in [0.2, 0.25) is 5.15 Å². The zero-order valence-electron chi connectivity index (χ0n) is 13.6. The lowest BCUT2D eigenvalue weighted by Crippen LogP contribution is -2.19. The number of aryl methyl sites for hydroxylation is 1. The second-order valence-electron chi connectivity index (χ2n) is 5.51. The summed E-state index contributed by atoms with van der Waals surface area (Å²) < 4.78 is 59.4. The summed E-state index contributed by atoms with van der Waals surface area (Å²) in [6.45, 7) is 1.78. The first-order valence-corrected chi connectivity index (χ1v) is 9.09. The molecule has 0 spiro atoms. The Bertz CT molecular complexity index is 1100. The zero-order chi connectivity index (χ0) is 19.2. The molecule has 1 unspecified atom stereocenters. The Morgan fingerprint density at radius 3 is 2.42 bits per heavy atom. The highest BCUT2D eigenvalue weighted by atomic mass is 35.5. The van der Waals surface area contributed by atoms with Crippen molar-refractivity contribution in [3.8, 4) is 0 Å². The summed E-state index contributed by atoms with van der Waals surface area (Å²) in [4.78, 5) is 3.52. The minimum absolute atomic E-state index is 0.132. The minimum Gasteiger partial charge on any atom is -0.363 e. The van der Waals surface area contributed by atoms with Crippen LogP contribution in [0.5, 0.6) is 0 Å². The lowest BCUT2D eigenvalue weighted by Gasteiger charge is -2.14. The fourth-order valence-corrected chi connectivity index (χ4v) is 4.12. The van der Waals surface area contributed by atoms with Crippen LogP contribution in [0.25, 0.3) is 11.0 Å². The van der Waals surface area contributed by atoms with Crippen molar-refractivity contribution in [1.29, 1.82) is 0 Å². The third-order valence-electron chi connectivity index (χ3n) is 3.81. The van der Waals surface area contributed by atoms with Crippen molar-refractivity contribution in [2.24, 2.45) is 0 Å². The number of benzene rings is 1. The highest BCUT2D eigenvalue weighted by Crippen LogP contribution is 2.32. The van der Waals surface area contributed by atoms with Gasteiger partial charge in [0, 0.05) is 7.11 Å². The molecular formula is C16H13ClF2N2O4S. The molecule has 0 saturated heterocycles. The van der Waals surface area contributed by atoms with Gasteiger partial charge in [-0.2, -0.15) is 0 Å². The van der Waals surface area contributed by atoms with Crippen molar-refractivity contribution >= 4 is 32.7 Å². The van der Waals surface area contributed by atoms with Gasteiger partial charge in [0.25, 0.3) is 10.0 Å². The molecule has 2 heterocycles. The molecule has 3 aromatic rings. The molecule has 26 heavy (non-hydrogen) atoms. The molecule has 0 aliphatic carbocycles. The van der Waals surface area contributed by atoms with Crippen molar-refractivity contribution < 1.29 is 27.0 Å². The lowest BCUT2D eigenvalue weighted by molar-refractivity contribution is -0.0801. The number of aromatic nitrogens is 2. The fraction of sp³-hybridized carbons (Fsp3) is 0.188. The van der Waals surface area contributed by atoms with E-state index in [0.29, 0.717) is 3.97 Å². The molecule has 3 rings (SSSR count). The quantitative estimate of drug-likeness (QED) is 0.535. The van der Waals surface area contributed by atoms with Crippen molar-refractivity contribution in [2.45, 2.75) is 18.1 Å². The smallest absolute Gasteiger partial charge is 0.269 e. The summed E-state index contributed by atoms with van der Waals surface area (Å²) in [5, 5.41) is 8.73. The Morgan fingerprint density at radius 1 is 1.23 bits per heavy atom. The Morgan fingerprint density at radius 2 is 1.85 bits per heavy atom. The van der Waals surface area contributed by atoms with Crippen LogP contribution >= 0.6 is 11.6 Å². The van der Waals surface area contributed by atoms with Crippen molar-refractivity contribution in [3.63, 3.8) is 0 Å². The molecule has 0 amide bonds. The van der Waals surface area contributed by atoms with Gasteiger partial charge in [0.1, 0.15) is 0 Å². The third-order valence-corrected chi connectivity index (χ3v) is 5.79. The first-order valence-electron chi connectivity index (χ1n) is 7.27. The lowest BCUT2D eigenvalue weighted by atomic mass is 10.2. The maximum atomic E-state index is 14.2. The summed E-state index contributed by atoms with van der Waals surface area (Å²) in [6, 6.07) is 6.80. The number of ether oxygens (including phenoxy) is 1. The van der Waals surface area contributed by atoms with Crippen LogP contribution in [-0.4, -0.2) is 29.6 Å². The summed E-state index contributed by atoms with van der Waals surface area (Å²) in [6.07, 6.45) is -1.72. The Kier molecular flexibility index (Phi) is 4.74. The summed E-state index contributed by atoms with van der Waals surface area (Å²) in [5.74, 6) is -2.79. The number of aliphatic hydroxyl groups excluding tert-OH is 1. The molecule has 0 radical (unpaired) electrons. The molecule has 1 aromatic carbocycles. The first kappa shape index (κ1) is 18.7. The van der Waals surface area contributed by atoms with E-state index in [1.165, 1.54) is 12.1 Å². The number of hydrogen-bond donors (Lipinski definition) is 1. The van der Waals surface area contributed by atoms with Crippen LogP contribution in [0.3, 0.4) is 0 Å². The van der Waals surface area contributed by atoms with E-state index in [1.807, 2.05) is 0 Å². The maximum absolute atomic E-state index is 14.2. The predicted octanol–water partition coefficient (Wildman–Crippen LogP) is 3.15. The molecule has 0 saturated carbocycles. The molecule has 1 N–H and O–H groups in total. The average molecular weight is 403 g/mol. The van der Waals surface area contributed by atoms with E-state index in [0.717, 1.165) is 18.7 Å². The number of methoxy groups -OCH3 is 1. The largest absolute Gasteiger partial charge is 0.363 e. The summed E-state index contributed by atoms with van der Waals surface area (Å²) >= 11 is 5.58. The van der Waals surface area contributed by atoms with E-state index in [9.17, 15) is 22.3 Å². The predicted molar refractivity (Wildman–Crippen MR) is 90.4 cm³/mol. The normalized spacial score (nSPS) is 13.3. The van der Waals surface area contributed by atoms with Crippen molar-refractivity contribution in [3.05, 3.63) is 58.4 Å². The fourth-order valence-electron chi connectivity index (χ4n) is 2.48. The maximum Gasteiger partial charge on any atom is 0.269 e. The molecule has 1 atom stereocenters. The molecule has 0 aliphatic heterocycles. The second kappa shape index (κ2) is 6.58. The number of pyridine rings is 1. The highest BCUT2D eigenvalue weighted by molar-refractivity contribution is 7.90. The number of hydrogen-bond acceptors (Lipinski definition) is 5. The number of halogens is 3. The third kappa shape index (κ3) is 2.86. The highest BCUT2D eigenvalue weighted by Gasteiger charge is 2.30.